The third kappa shape index (κ3) is 15.5. The lowest BCUT2D eigenvalue weighted by Crippen LogP contribution is -1.98. The molecule has 1 rings (SSSR count). The molecule has 0 aromatic heterocycles. The molecule has 0 fully saturated rings. The van der Waals surface area contributed by atoms with Gasteiger partial charge in [0.15, 0.2) is 0 Å². The van der Waals surface area contributed by atoms with Gasteiger partial charge in [-0.25, -0.2) is 0 Å². The van der Waals surface area contributed by atoms with Crippen molar-refractivity contribution in [3.05, 3.63) is 28.8 Å². The van der Waals surface area contributed by atoms with Crippen molar-refractivity contribution in [1.82, 2.24) is 0 Å². The highest BCUT2D eigenvalue weighted by Crippen LogP contribution is 2.20. The van der Waals surface area contributed by atoms with Crippen LogP contribution in [-0.4, -0.2) is 7.05 Å². The molecule has 0 unspecified atom stereocenters. The molecule has 0 aliphatic rings. The summed E-state index contributed by atoms with van der Waals surface area (Å²) >= 11 is 0. The van der Waals surface area contributed by atoms with Crippen LogP contribution in [0.2, 0.25) is 0 Å². The zero-order valence-corrected chi connectivity index (χ0v) is 16.7. The topological polar surface area (TPSA) is 99.6 Å². The first kappa shape index (κ1) is 28.0. The monoisotopic (exact) mass is 372 g/mol. The highest BCUT2D eigenvalue weighted by atomic mass is 14.6. The van der Waals surface area contributed by atoms with Crippen LogP contribution in [0.25, 0.3) is 0 Å². The number of benzene rings is 1. The van der Waals surface area contributed by atoms with E-state index < -0.39 is 0 Å². The van der Waals surface area contributed by atoms with Crippen LogP contribution in [0.3, 0.4) is 0 Å². The molecule has 0 aliphatic carbocycles. The highest BCUT2D eigenvalue weighted by molar-refractivity contribution is 5.55. The van der Waals surface area contributed by atoms with Gasteiger partial charge in [0.1, 0.15) is 0 Å². The molecule has 0 saturated heterocycles. The van der Waals surface area contributed by atoms with E-state index in [4.69, 9.17) is 22.9 Å². The summed E-state index contributed by atoms with van der Waals surface area (Å²) in [6, 6.07) is 4.39. The minimum atomic E-state index is 0. The van der Waals surface area contributed by atoms with Crippen LogP contribution in [0.1, 0.15) is 47.4 Å². The Morgan fingerprint density at radius 2 is 1.41 bits per heavy atom. The van der Waals surface area contributed by atoms with E-state index in [0.29, 0.717) is 0 Å². The molecule has 0 bridgehead atoms. The maximum absolute atomic E-state index is 6.00. The summed E-state index contributed by atoms with van der Waals surface area (Å²) in [4.78, 5) is 0. The average Bonchev–Trinajstić information content (AvgIpc) is 2.72. The number of rotatable bonds is 2. The second kappa shape index (κ2) is 22.2. The first-order chi connectivity index (χ1) is 13.1. The predicted molar refractivity (Wildman–Crippen MR) is 128 cm³/mol. The molecule has 1 aromatic carbocycles. The fraction of sp³-hybridized carbons (Fsp3) is 0.304. The van der Waals surface area contributed by atoms with Crippen molar-refractivity contribution in [2.24, 2.45) is 5.73 Å². The van der Waals surface area contributed by atoms with Crippen molar-refractivity contribution in [1.29, 1.82) is 10.8 Å². The molecule has 0 radical (unpaired) electrons. The van der Waals surface area contributed by atoms with Crippen LogP contribution in [-0.2, 0) is 12.8 Å². The van der Waals surface area contributed by atoms with Gasteiger partial charge < -0.3 is 11.5 Å². The lowest BCUT2D eigenvalue weighted by molar-refractivity contribution is 1.08. The zero-order chi connectivity index (χ0) is 21.5. The Morgan fingerprint density at radius 3 is 1.81 bits per heavy atom. The Balaban J connectivity index is -0.0000000313. The van der Waals surface area contributed by atoms with Crippen molar-refractivity contribution in [3.63, 3.8) is 0 Å². The number of hydrogen-bond donors (Lipinski definition) is 2. The molecule has 1 aromatic rings. The summed E-state index contributed by atoms with van der Waals surface area (Å²) in [6.07, 6.45) is 6.96. The van der Waals surface area contributed by atoms with Crippen LogP contribution in [0.5, 0.6) is 0 Å². The minimum absolute atomic E-state index is 0. The van der Waals surface area contributed by atoms with Crippen molar-refractivity contribution < 1.29 is 9.99 Å². The van der Waals surface area contributed by atoms with Gasteiger partial charge in [0.05, 0.1) is 0 Å². The first-order valence-corrected chi connectivity index (χ1v) is 8.13. The van der Waals surface area contributed by atoms with Crippen LogP contribution in [0, 0.1) is 77.4 Å². The number of aryl methyl sites for hydroxylation is 3. The van der Waals surface area contributed by atoms with Crippen LogP contribution >= 0.6 is 0 Å². The van der Waals surface area contributed by atoms with E-state index in [1.54, 1.807) is 6.92 Å². The lowest BCUT2D eigenvalue weighted by Gasteiger charge is -2.08. The fourth-order valence-electron chi connectivity index (χ4n) is 1.70. The number of hydrogen-bond acceptors (Lipinski definition) is 4. The molecule has 0 atom stereocenters. The van der Waals surface area contributed by atoms with Crippen molar-refractivity contribution in [3.8, 4) is 59.7 Å². The number of nitrogens with two attached hydrogens (primary N) is 2. The van der Waals surface area contributed by atoms with Crippen molar-refractivity contribution in [2.75, 3.05) is 12.8 Å². The number of nitrogens with zero attached hydrogens (tertiary/aromatic N) is 2. The Labute approximate surface area is 174 Å². The van der Waals surface area contributed by atoms with E-state index in [9.17, 15) is 0 Å². The maximum Gasteiger partial charge on any atom is 0.0376 e. The summed E-state index contributed by atoms with van der Waals surface area (Å²) in [7, 11) is 1.50. The molecule has 4 heteroatoms. The summed E-state index contributed by atoms with van der Waals surface area (Å²) < 4.78 is 0. The number of nitrogen functional groups attached to an aromatic ring is 1. The lowest BCUT2D eigenvalue weighted by atomic mass is 10.0. The molecule has 0 saturated carbocycles. The third-order valence-corrected chi connectivity index (χ3v) is 2.89. The van der Waals surface area contributed by atoms with Gasteiger partial charge in [-0.1, -0.05) is 31.9 Å². The van der Waals surface area contributed by atoms with Gasteiger partial charge >= 0.3 is 0 Å². The SMILES string of the molecule is C#CC#CC#CC#CC#CC.CCc1cc(C)c(N)c(CC)c1.CN.N#N.[HH].[HH].[HH].[HH].[HH].[HH].[HH]. The average molecular weight is 373 g/mol. The fourth-order valence-corrected chi connectivity index (χ4v) is 1.70. The standard InChI is InChI=1S/C11H17N.C11H4.CH5N.N2.7H2/c1-4-9-6-8(3)11(12)10(5-2)7-9;1-3-5-7-9-11-10-8-6-4-2;2*1-2;;;;;;;/h6-7H,4-5,12H2,1-3H3;1H,2H3;2H2,1H3;;7*1H. The van der Waals surface area contributed by atoms with Crippen molar-refractivity contribution >= 4 is 5.69 Å². The summed E-state index contributed by atoms with van der Waals surface area (Å²) in [5.74, 6) is 22.0. The Morgan fingerprint density at radius 1 is 0.926 bits per heavy atom. The second-order valence-corrected chi connectivity index (χ2v) is 4.46. The third-order valence-electron chi connectivity index (χ3n) is 2.89. The molecular formula is C23H40N4. The molecule has 0 heterocycles. The van der Waals surface area contributed by atoms with Gasteiger partial charge in [-0.05, 0) is 97.8 Å². The molecule has 0 aliphatic heterocycles. The van der Waals surface area contributed by atoms with E-state index in [0.717, 1.165) is 18.5 Å². The van der Waals surface area contributed by atoms with Gasteiger partial charge in [0.2, 0.25) is 0 Å². The highest BCUT2D eigenvalue weighted by Gasteiger charge is 2.01. The second-order valence-electron chi connectivity index (χ2n) is 4.46. The van der Waals surface area contributed by atoms with Gasteiger partial charge in [-0.3, -0.25) is 0 Å². The molecule has 4 N–H and O–H groups in total. The zero-order valence-electron chi connectivity index (χ0n) is 16.7. The van der Waals surface area contributed by atoms with Crippen LogP contribution in [0.4, 0.5) is 5.69 Å². The number of anilines is 1. The van der Waals surface area contributed by atoms with Crippen molar-refractivity contribution in [2.45, 2.75) is 40.5 Å². The first-order valence-electron chi connectivity index (χ1n) is 8.13. The molecule has 0 spiro atoms. The smallest absolute Gasteiger partial charge is 0.0376 e. The Kier molecular flexibility index (Phi) is 23.0. The molecule has 0 amide bonds. The summed E-state index contributed by atoms with van der Waals surface area (Å²) in [6.45, 7) is 8.10. The molecule has 152 valence electrons. The van der Waals surface area contributed by atoms with E-state index in [2.05, 4.69) is 91.9 Å². The van der Waals surface area contributed by atoms with E-state index >= 15 is 0 Å². The van der Waals surface area contributed by atoms with E-state index in [1.165, 1.54) is 23.7 Å². The van der Waals surface area contributed by atoms with Crippen LogP contribution < -0.4 is 11.5 Å². The Bertz CT molecular complexity index is 881. The maximum atomic E-state index is 6.00. The summed E-state index contributed by atoms with van der Waals surface area (Å²) in [5, 5.41) is 12.0. The molecule has 4 nitrogen and oxygen atoms in total. The van der Waals surface area contributed by atoms with Gasteiger partial charge in [-0.2, -0.15) is 0 Å². The van der Waals surface area contributed by atoms with E-state index in [1.807, 2.05) is 0 Å². The minimum Gasteiger partial charge on any atom is -0.398 e. The van der Waals surface area contributed by atoms with Gasteiger partial charge in [-0.15, -0.1) is 6.42 Å². The molecule has 27 heavy (non-hydrogen) atoms. The molecular weight excluding hydrogens is 332 g/mol. The normalized spacial score (nSPS) is 6.33. The largest absolute Gasteiger partial charge is 0.398 e. The van der Waals surface area contributed by atoms with Gasteiger partial charge in [0.25, 0.3) is 0 Å². The number of terminal acetylenes is 1. The van der Waals surface area contributed by atoms with E-state index in [-0.39, 0.29) is 9.99 Å². The summed E-state index contributed by atoms with van der Waals surface area (Å²) in [5.41, 5.74) is 15.3. The predicted octanol–water partition coefficient (Wildman–Crippen LogP) is 4.68. The quantitative estimate of drug-likeness (QED) is 0.447. The van der Waals surface area contributed by atoms with Crippen LogP contribution in [0.15, 0.2) is 12.1 Å². The van der Waals surface area contributed by atoms with Gasteiger partial charge in [0, 0.05) is 26.5 Å². The Hall–Kier alpha value is -3.80.